The van der Waals surface area contributed by atoms with Crippen LogP contribution in [0, 0.1) is 22.7 Å². The van der Waals surface area contributed by atoms with E-state index < -0.39 is 5.60 Å². The fraction of sp³-hybridized carbons (Fsp3) is 0.629. The Morgan fingerprint density at radius 2 is 1.75 bits per heavy atom. The van der Waals surface area contributed by atoms with Gasteiger partial charge in [-0.3, -0.25) is 14.2 Å². The van der Waals surface area contributed by atoms with Crippen molar-refractivity contribution in [1.82, 2.24) is 34.2 Å². The van der Waals surface area contributed by atoms with Crippen LogP contribution in [0.15, 0.2) is 41.7 Å². The van der Waals surface area contributed by atoms with Gasteiger partial charge in [-0.25, -0.2) is 14.5 Å². The van der Waals surface area contributed by atoms with E-state index in [0.717, 1.165) is 44.2 Å². The van der Waals surface area contributed by atoms with E-state index in [4.69, 9.17) is 21.1 Å². The van der Waals surface area contributed by atoms with Crippen molar-refractivity contribution in [3.05, 3.63) is 47.4 Å². The second-order valence-electron chi connectivity index (χ2n) is 15.8. The molecule has 0 aromatic carbocycles. The number of hydrogen-bond donors (Lipinski definition) is 1. The van der Waals surface area contributed by atoms with E-state index in [9.17, 15) is 9.59 Å². The lowest BCUT2D eigenvalue weighted by molar-refractivity contribution is 0.0130. The average Bonchev–Trinajstić information content (AvgIpc) is 3.57. The van der Waals surface area contributed by atoms with E-state index in [0.29, 0.717) is 52.5 Å². The van der Waals surface area contributed by atoms with Gasteiger partial charge in [0, 0.05) is 49.0 Å². The molecule has 0 bridgehead atoms. The van der Waals surface area contributed by atoms with E-state index in [2.05, 4.69) is 61.4 Å². The highest BCUT2D eigenvalue weighted by molar-refractivity contribution is 7.97. The fourth-order valence-electron chi connectivity index (χ4n) is 7.01. The first-order valence-corrected chi connectivity index (χ1v) is 17.9. The number of likely N-dealkylation sites (tertiary alicyclic amines) is 1. The van der Waals surface area contributed by atoms with E-state index in [-0.39, 0.29) is 28.3 Å². The molecule has 0 radical (unpaired) electrons. The number of nitrogens with zero attached hydrogens (tertiary/aromatic N) is 6. The number of amides is 2. The highest BCUT2D eigenvalue weighted by Gasteiger charge is 2.63. The van der Waals surface area contributed by atoms with Crippen molar-refractivity contribution in [2.75, 3.05) is 13.2 Å². The lowest BCUT2D eigenvalue weighted by Crippen LogP contribution is -2.45. The Morgan fingerprint density at radius 3 is 2.42 bits per heavy atom. The van der Waals surface area contributed by atoms with Crippen LogP contribution in [0.2, 0.25) is 5.15 Å². The summed E-state index contributed by atoms with van der Waals surface area (Å²) < 4.78 is 17.8. The smallest absolute Gasteiger partial charge is 0.410 e. The van der Waals surface area contributed by atoms with Crippen LogP contribution in [0.5, 0.6) is 5.88 Å². The Kier molecular flexibility index (Phi) is 10.2. The highest BCUT2D eigenvalue weighted by Crippen LogP contribution is 2.69. The minimum atomic E-state index is -0.513. The Labute approximate surface area is 293 Å². The minimum absolute atomic E-state index is 0.0765. The lowest BCUT2D eigenvalue weighted by atomic mass is 9.93. The van der Waals surface area contributed by atoms with Gasteiger partial charge in [0.15, 0.2) is 5.82 Å². The van der Waals surface area contributed by atoms with Crippen molar-refractivity contribution in [3.63, 3.8) is 0 Å². The van der Waals surface area contributed by atoms with Crippen molar-refractivity contribution in [1.29, 1.82) is 0 Å². The van der Waals surface area contributed by atoms with E-state index in [1.807, 2.05) is 42.6 Å². The number of ether oxygens (including phenoxy) is 2. The van der Waals surface area contributed by atoms with Gasteiger partial charge in [-0.15, -0.1) is 5.10 Å². The molecule has 5 rings (SSSR count). The molecule has 0 spiro atoms. The summed E-state index contributed by atoms with van der Waals surface area (Å²) in [5.41, 5.74) is 0.163. The number of carbonyl (C=O) groups is 2. The quantitative estimate of drug-likeness (QED) is 0.150. The van der Waals surface area contributed by atoms with Crippen molar-refractivity contribution >= 4 is 35.5 Å². The largest absolute Gasteiger partial charge is 0.477 e. The maximum atomic E-state index is 12.9. The second kappa shape index (κ2) is 13.6. The van der Waals surface area contributed by atoms with Crippen molar-refractivity contribution in [2.45, 2.75) is 111 Å². The molecular weight excluding hydrogens is 650 g/mol. The van der Waals surface area contributed by atoms with Crippen LogP contribution in [-0.4, -0.2) is 65.7 Å². The third-order valence-corrected chi connectivity index (χ3v) is 11.3. The molecule has 11 nitrogen and oxygen atoms in total. The zero-order valence-electron chi connectivity index (χ0n) is 29.7. The van der Waals surface area contributed by atoms with Crippen LogP contribution in [0.4, 0.5) is 4.79 Å². The molecule has 2 fully saturated rings. The summed E-state index contributed by atoms with van der Waals surface area (Å²) in [5.74, 6) is 1.67. The molecule has 3 aromatic heterocycles. The van der Waals surface area contributed by atoms with Gasteiger partial charge in [0.05, 0.1) is 12.2 Å². The van der Waals surface area contributed by atoms with Gasteiger partial charge in [0.25, 0.3) is 5.91 Å². The van der Waals surface area contributed by atoms with Crippen LogP contribution in [0.25, 0.3) is 5.82 Å². The molecular formula is C35H50ClN7O4S. The Morgan fingerprint density at radius 1 is 1.02 bits per heavy atom. The van der Waals surface area contributed by atoms with Crippen LogP contribution >= 0.6 is 23.5 Å². The van der Waals surface area contributed by atoms with Crippen molar-refractivity contribution in [2.24, 2.45) is 22.7 Å². The number of carbonyl (C=O) groups excluding carboxylic acids is 2. The fourth-order valence-corrected chi connectivity index (χ4v) is 7.82. The number of nitrogens with one attached hydrogen (secondary N) is 1. The number of aromatic nitrogens is 5. The van der Waals surface area contributed by atoms with Crippen molar-refractivity contribution < 1.29 is 19.1 Å². The molecule has 1 aliphatic heterocycles. The molecule has 262 valence electrons. The Balaban J connectivity index is 1.05. The molecule has 1 saturated heterocycles. The van der Waals surface area contributed by atoms with Gasteiger partial charge in [0.2, 0.25) is 5.88 Å². The standard InChI is InChI=1S/C35H50ClN7O4S/c1-32(2,3)47-31(45)42-22-23(21-33(42,4)5)11-10-17-41-18-15-28(39-41)48-40-30(44)24-12-13-26(37-29(24)36)43-19-14-27(38-43)46-20-16-25-34(6,7)35(25,8)9/h12-15,18-19,23,25H,10-11,16-17,20-22H2,1-9H3,(H,40,44). The molecule has 13 heteroatoms. The normalized spacial score (nSPS) is 19.7. The molecule has 4 heterocycles. The first-order chi connectivity index (χ1) is 22.4. The van der Waals surface area contributed by atoms with Crippen molar-refractivity contribution in [3.8, 4) is 11.7 Å². The number of pyridine rings is 1. The molecule has 3 aromatic rings. The van der Waals surface area contributed by atoms with Crippen LogP contribution in [-0.2, 0) is 11.3 Å². The summed E-state index contributed by atoms with van der Waals surface area (Å²) in [6.07, 6.45) is 7.24. The Bertz CT molecular complexity index is 1610. The van der Waals surface area contributed by atoms with Gasteiger partial charge in [-0.05, 0) is 101 Å². The Hall–Kier alpha value is -3.25. The third kappa shape index (κ3) is 8.13. The van der Waals surface area contributed by atoms with Gasteiger partial charge >= 0.3 is 6.09 Å². The summed E-state index contributed by atoms with van der Waals surface area (Å²) in [6, 6.07) is 6.99. The SMILES string of the molecule is CC(C)(C)OC(=O)N1CC(CCCn2ccc(SNC(=O)c3ccc(-n4ccc(OCCC5C(C)(C)C5(C)C)n4)nc3Cl)n2)CC1(C)C. The molecule has 2 amide bonds. The predicted octanol–water partition coefficient (Wildman–Crippen LogP) is 7.82. The van der Waals surface area contributed by atoms with Crippen LogP contribution < -0.4 is 9.46 Å². The van der Waals surface area contributed by atoms with Gasteiger partial charge in [-0.1, -0.05) is 39.3 Å². The number of rotatable bonds is 12. The summed E-state index contributed by atoms with van der Waals surface area (Å²) in [4.78, 5) is 31.9. The maximum absolute atomic E-state index is 12.9. The molecule has 1 aliphatic carbocycles. The number of hydrogen-bond acceptors (Lipinski definition) is 8. The highest BCUT2D eigenvalue weighted by atomic mass is 35.5. The van der Waals surface area contributed by atoms with E-state index in [1.165, 1.54) is 0 Å². The molecule has 1 N–H and O–H groups in total. The molecule has 1 unspecified atom stereocenters. The number of aryl methyl sites for hydroxylation is 1. The van der Waals surface area contributed by atoms with Crippen LogP contribution in [0.1, 0.15) is 98.4 Å². The second-order valence-corrected chi connectivity index (χ2v) is 17.0. The van der Waals surface area contributed by atoms with E-state index >= 15 is 0 Å². The maximum Gasteiger partial charge on any atom is 0.410 e. The minimum Gasteiger partial charge on any atom is -0.477 e. The van der Waals surface area contributed by atoms with Crippen LogP contribution in [0.3, 0.4) is 0 Å². The van der Waals surface area contributed by atoms with Gasteiger partial charge < -0.3 is 14.4 Å². The predicted molar refractivity (Wildman–Crippen MR) is 187 cm³/mol. The number of halogens is 1. The average molecular weight is 700 g/mol. The summed E-state index contributed by atoms with van der Waals surface area (Å²) >= 11 is 7.55. The molecule has 2 aliphatic rings. The summed E-state index contributed by atoms with van der Waals surface area (Å²) in [6.45, 7) is 21.2. The molecule has 48 heavy (non-hydrogen) atoms. The zero-order valence-corrected chi connectivity index (χ0v) is 31.2. The van der Waals surface area contributed by atoms with Gasteiger partial charge in [0.1, 0.15) is 15.8 Å². The third-order valence-electron chi connectivity index (χ3n) is 10.3. The summed E-state index contributed by atoms with van der Waals surface area (Å²) in [5, 5.41) is 9.80. The summed E-state index contributed by atoms with van der Waals surface area (Å²) in [7, 11) is 0. The zero-order chi connectivity index (χ0) is 35.1. The first-order valence-electron chi connectivity index (χ1n) is 16.7. The van der Waals surface area contributed by atoms with E-state index in [1.54, 1.807) is 29.1 Å². The van der Waals surface area contributed by atoms with Gasteiger partial charge in [-0.2, -0.15) is 5.10 Å². The molecule has 1 saturated carbocycles. The monoisotopic (exact) mass is 699 g/mol. The topological polar surface area (TPSA) is 116 Å². The lowest BCUT2D eigenvalue weighted by Gasteiger charge is -2.33. The molecule has 1 atom stereocenters. The first kappa shape index (κ1) is 36.0.